The van der Waals surface area contributed by atoms with E-state index in [-0.39, 0.29) is 11.5 Å². The molecule has 0 aromatic heterocycles. The summed E-state index contributed by atoms with van der Waals surface area (Å²) in [6, 6.07) is 4.70. The van der Waals surface area contributed by atoms with Crippen molar-refractivity contribution in [2.24, 2.45) is 0 Å². The molecule has 0 radical (unpaired) electrons. The summed E-state index contributed by atoms with van der Waals surface area (Å²) >= 11 is 0. The standard InChI is InChI=1S/C14H18O3/c1-10(15)13-6-5-12(16)9-11(13)7-8-14(2,3)17-4/h5-9,16H,1-4H3. The van der Waals surface area contributed by atoms with Crippen molar-refractivity contribution in [2.45, 2.75) is 26.4 Å². The van der Waals surface area contributed by atoms with Crippen LogP contribution in [0.25, 0.3) is 6.08 Å². The van der Waals surface area contributed by atoms with E-state index >= 15 is 0 Å². The SMILES string of the molecule is COC(C)(C)C=Cc1cc(O)ccc1C(C)=O. The fourth-order valence-electron chi connectivity index (χ4n) is 1.37. The zero-order valence-corrected chi connectivity index (χ0v) is 10.7. The smallest absolute Gasteiger partial charge is 0.160 e. The highest BCUT2D eigenvalue weighted by Crippen LogP contribution is 2.20. The van der Waals surface area contributed by atoms with Gasteiger partial charge < -0.3 is 9.84 Å². The second-order valence-electron chi connectivity index (χ2n) is 4.47. The Hall–Kier alpha value is -1.61. The van der Waals surface area contributed by atoms with E-state index in [1.54, 1.807) is 25.3 Å². The van der Waals surface area contributed by atoms with Crippen LogP contribution >= 0.6 is 0 Å². The fraction of sp³-hybridized carbons (Fsp3) is 0.357. The molecule has 0 heterocycles. The van der Waals surface area contributed by atoms with Crippen molar-refractivity contribution in [1.82, 2.24) is 0 Å². The van der Waals surface area contributed by atoms with E-state index in [0.717, 1.165) is 0 Å². The van der Waals surface area contributed by atoms with Gasteiger partial charge in [-0.3, -0.25) is 4.79 Å². The van der Waals surface area contributed by atoms with Gasteiger partial charge in [0.2, 0.25) is 0 Å². The number of carbonyl (C=O) groups excluding carboxylic acids is 1. The lowest BCUT2D eigenvalue weighted by molar-refractivity contribution is 0.0663. The summed E-state index contributed by atoms with van der Waals surface area (Å²) < 4.78 is 5.26. The molecule has 0 fully saturated rings. The van der Waals surface area contributed by atoms with Gasteiger partial charge in [0.15, 0.2) is 5.78 Å². The van der Waals surface area contributed by atoms with Gasteiger partial charge in [-0.15, -0.1) is 0 Å². The van der Waals surface area contributed by atoms with Crippen molar-refractivity contribution in [1.29, 1.82) is 0 Å². The predicted molar refractivity (Wildman–Crippen MR) is 68.2 cm³/mol. The molecule has 0 saturated carbocycles. The first kappa shape index (κ1) is 13.5. The molecule has 1 N–H and O–H groups in total. The number of hydrogen-bond acceptors (Lipinski definition) is 3. The summed E-state index contributed by atoms with van der Waals surface area (Å²) in [6.07, 6.45) is 3.65. The maximum atomic E-state index is 11.4. The molecule has 1 aromatic rings. The van der Waals surface area contributed by atoms with Crippen LogP contribution in [0.1, 0.15) is 36.7 Å². The molecule has 92 valence electrons. The maximum absolute atomic E-state index is 11.4. The third kappa shape index (κ3) is 3.71. The maximum Gasteiger partial charge on any atom is 0.160 e. The van der Waals surface area contributed by atoms with Crippen LogP contribution in [-0.4, -0.2) is 23.6 Å². The van der Waals surface area contributed by atoms with E-state index in [0.29, 0.717) is 11.1 Å². The van der Waals surface area contributed by atoms with Crippen LogP contribution in [-0.2, 0) is 4.74 Å². The van der Waals surface area contributed by atoms with Crippen molar-refractivity contribution < 1.29 is 14.6 Å². The Bertz CT molecular complexity index is 445. The van der Waals surface area contributed by atoms with Crippen molar-refractivity contribution in [3.8, 4) is 5.75 Å². The summed E-state index contributed by atoms with van der Waals surface area (Å²) in [6.45, 7) is 5.34. The van der Waals surface area contributed by atoms with E-state index in [2.05, 4.69) is 0 Å². The number of benzene rings is 1. The third-order valence-corrected chi connectivity index (χ3v) is 2.60. The van der Waals surface area contributed by atoms with Gasteiger partial charge in [-0.05, 0) is 44.5 Å². The number of Topliss-reactive ketones (excluding diaryl/α,β-unsaturated/α-hetero) is 1. The van der Waals surface area contributed by atoms with Crippen LogP contribution < -0.4 is 0 Å². The largest absolute Gasteiger partial charge is 0.508 e. The van der Waals surface area contributed by atoms with Crippen molar-refractivity contribution >= 4 is 11.9 Å². The molecule has 0 saturated heterocycles. The number of hydrogen-bond donors (Lipinski definition) is 1. The average molecular weight is 234 g/mol. The molecule has 0 aliphatic carbocycles. The van der Waals surface area contributed by atoms with Crippen molar-refractivity contribution in [3.05, 3.63) is 35.4 Å². The first-order chi connectivity index (χ1) is 7.85. The van der Waals surface area contributed by atoms with E-state index in [9.17, 15) is 9.90 Å². The van der Waals surface area contributed by atoms with Gasteiger partial charge in [0, 0.05) is 12.7 Å². The summed E-state index contributed by atoms with van der Waals surface area (Å²) in [5.41, 5.74) is 0.882. The molecule has 1 aromatic carbocycles. The number of rotatable bonds is 4. The highest BCUT2D eigenvalue weighted by molar-refractivity contribution is 5.97. The molecule has 1 rings (SSSR count). The number of aromatic hydroxyl groups is 1. The molecule has 17 heavy (non-hydrogen) atoms. The molecular formula is C14H18O3. The Morgan fingerprint density at radius 3 is 2.59 bits per heavy atom. The van der Waals surface area contributed by atoms with Crippen molar-refractivity contribution in [3.63, 3.8) is 0 Å². The lowest BCUT2D eigenvalue weighted by atomic mass is 10.0. The average Bonchev–Trinajstić information content (AvgIpc) is 2.26. The van der Waals surface area contributed by atoms with Crippen LogP contribution in [0.2, 0.25) is 0 Å². The first-order valence-corrected chi connectivity index (χ1v) is 5.44. The van der Waals surface area contributed by atoms with E-state index in [1.807, 2.05) is 19.9 Å². The Labute approximate surface area is 102 Å². The zero-order chi connectivity index (χ0) is 13.1. The minimum Gasteiger partial charge on any atom is -0.508 e. The molecule has 0 atom stereocenters. The van der Waals surface area contributed by atoms with Crippen LogP contribution in [0.15, 0.2) is 24.3 Å². The molecule has 0 spiro atoms. The molecule has 0 unspecified atom stereocenters. The van der Waals surface area contributed by atoms with Gasteiger partial charge in [0.1, 0.15) is 5.75 Å². The predicted octanol–water partition coefficient (Wildman–Crippen LogP) is 3.03. The summed E-state index contributed by atoms with van der Waals surface area (Å²) in [4.78, 5) is 11.4. The van der Waals surface area contributed by atoms with Crippen molar-refractivity contribution in [2.75, 3.05) is 7.11 Å². The summed E-state index contributed by atoms with van der Waals surface area (Å²) in [7, 11) is 1.62. The number of ketones is 1. The van der Waals surface area contributed by atoms with E-state index < -0.39 is 5.60 Å². The highest BCUT2D eigenvalue weighted by Gasteiger charge is 2.12. The first-order valence-electron chi connectivity index (χ1n) is 5.44. The quantitative estimate of drug-likeness (QED) is 0.814. The number of phenols is 1. The molecule has 3 heteroatoms. The Kier molecular flexibility index (Phi) is 4.07. The molecule has 0 amide bonds. The molecule has 3 nitrogen and oxygen atoms in total. The lowest BCUT2D eigenvalue weighted by Gasteiger charge is -2.17. The second kappa shape index (κ2) is 5.15. The van der Waals surface area contributed by atoms with Crippen LogP contribution in [0.4, 0.5) is 0 Å². The second-order valence-corrected chi connectivity index (χ2v) is 4.47. The molecule has 0 aliphatic rings. The molecule has 0 bridgehead atoms. The van der Waals surface area contributed by atoms with Gasteiger partial charge in [-0.25, -0.2) is 0 Å². The summed E-state index contributed by atoms with van der Waals surface area (Å²) in [5.74, 6) is 0.116. The lowest BCUT2D eigenvalue weighted by Crippen LogP contribution is -2.18. The Balaban J connectivity index is 3.13. The van der Waals surface area contributed by atoms with Gasteiger partial charge in [0.05, 0.1) is 5.60 Å². The number of ether oxygens (including phenoxy) is 1. The Morgan fingerprint density at radius 1 is 1.41 bits per heavy atom. The van der Waals surface area contributed by atoms with Gasteiger partial charge >= 0.3 is 0 Å². The topological polar surface area (TPSA) is 46.5 Å². The normalized spacial score (nSPS) is 12.0. The molecule has 0 aliphatic heterocycles. The van der Waals surface area contributed by atoms with E-state index in [4.69, 9.17) is 4.74 Å². The number of phenolic OH excluding ortho intramolecular Hbond substituents is 1. The monoisotopic (exact) mass is 234 g/mol. The van der Waals surface area contributed by atoms with Crippen LogP contribution in [0.3, 0.4) is 0 Å². The number of methoxy groups -OCH3 is 1. The highest BCUT2D eigenvalue weighted by atomic mass is 16.5. The zero-order valence-electron chi connectivity index (χ0n) is 10.7. The van der Waals surface area contributed by atoms with Gasteiger partial charge in [0.25, 0.3) is 0 Å². The van der Waals surface area contributed by atoms with Gasteiger partial charge in [-0.1, -0.05) is 12.2 Å². The Morgan fingerprint density at radius 2 is 2.06 bits per heavy atom. The minimum absolute atomic E-state index is 0.0279. The minimum atomic E-state index is -0.403. The number of carbonyl (C=O) groups is 1. The summed E-state index contributed by atoms with van der Waals surface area (Å²) in [5, 5.41) is 9.43. The van der Waals surface area contributed by atoms with Gasteiger partial charge in [-0.2, -0.15) is 0 Å². The third-order valence-electron chi connectivity index (χ3n) is 2.60. The van der Waals surface area contributed by atoms with Crippen LogP contribution in [0.5, 0.6) is 5.75 Å². The van der Waals surface area contributed by atoms with Crippen LogP contribution in [0, 0.1) is 0 Å². The van der Waals surface area contributed by atoms with E-state index in [1.165, 1.54) is 13.0 Å². The molecular weight excluding hydrogens is 216 g/mol. The fourth-order valence-corrected chi connectivity index (χ4v) is 1.37.